The van der Waals surface area contributed by atoms with Gasteiger partial charge in [0.05, 0.1) is 86.8 Å². The Morgan fingerprint density at radius 3 is 0.843 bits per heavy atom. The maximum Gasteiger partial charge on any atom is 0.299 e. The topological polar surface area (TPSA) is 161 Å². The first kappa shape index (κ1) is 46.1. The summed E-state index contributed by atoms with van der Waals surface area (Å²) in [4.78, 5) is 38.3. The molecule has 18 nitrogen and oxygen atoms in total. The van der Waals surface area contributed by atoms with Crippen LogP contribution in [0.25, 0.3) is 0 Å². The van der Waals surface area contributed by atoms with Gasteiger partial charge >= 0.3 is 0 Å². The van der Waals surface area contributed by atoms with Crippen LogP contribution in [-0.4, -0.2) is 161 Å². The van der Waals surface area contributed by atoms with Crippen LogP contribution in [-0.2, 0) is 37.9 Å². The lowest BCUT2D eigenvalue weighted by Crippen LogP contribution is -2.43. The Balaban J connectivity index is 1.11. The molecule has 0 amide bonds. The smallest absolute Gasteiger partial charge is 0.299 e. The van der Waals surface area contributed by atoms with Crippen molar-refractivity contribution in [1.29, 1.82) is 0 Å². The number of hydrogen-bond acceptors (Lipinski definition) is 14. The van der Waals surface area contributed by atoms with Crippen LogP contribution in [0, 0.1) is 0 Å². The maximum atomic E-state index is 6.93. The van der Waals surface area contributed by atoms with E-state index in [9.17, 15) is 0 Å². The van der Waals surface area contributed by atoms with Crippen LogP contribution < -0.4 is 0 Å². The molecule has 0 atom stereocenters. The summed E-state index contributed by atoms with van der Waals surface area (Å²) in [7, 11) is 0. The summed E-state index contributed by atoms with van der Waals surface area (Å²) in [6.45, 7) is 8.52. The monoisotopic (exact) mass is 946 g/mol. The summed E-state index contributed by atoms with van der Waals surface area (Å²) in [5, 5.41) is 0. The molecule has 4 fully saturated rings. The van der Waals surface area contributed by atoms with E-state index in [-0.39, 0.29) is 23.6 Å². The van der Waals surface area contributed by atoms with Gasteiger partial charge in [0.25, 0.3) is 24.1 Å². The third-order valence-corrected chi connectivity index (χ3v) is 11.5. The predicted octanol–water partition coefficient (Wildman–Crippen LogP) is 6.94. The number of ether oxygens (including phenoxy) is 8. The SMILES string of the molecule is C1=C(OC(=Nc2ccccc2)N2CCOCC2)N=C(OC(=Nc2ccccc2)N2CCOCC2)/C1=C1\C=C(OC(=Nc2ccccc2)N2CCOCC2)N=C1OC(=Nc1ccccc1)N1CCOCC1. The van der Waals surface area contributed by atoms with Gasteiger partial charge in [-0.05, 0) is 48.5 Å². The maximum absolute atomic E-state index is 6.93. The molecule has 0 saturated carbocycles. The van der Waals surface area contributed by atoms with Gasteiger partial charge < -0.3 is 57.5 Å². The van der Waals surface area contributed by atoms with Crippen molar-refractivity contribution in [3.05, 3.63) is 156 Å². The molecule has 70 heavy (non-hydrogen) atoms. The third-order valence-electron chi connectivity index (χ3n) is 11.5. The van der Waals surface area contributed by atoms with Gasteiger partial charge in [-0.25, -0.2) is 0 Å². The summed E-state index contributed by atoms with van der Waals surface area (Å²) in [6.07, 6.45) is 3.60. The summed E-state index contributed by atoms with van der Waals surface area (Å²) < 4.78 is 50.3. The van der Waals surface area contributed by atoms with Crippen LogP contribution >= 0.6 is 0 Å². The van der Waals surface area contributed by atoms with E-state index < -0.39 is 0 Å². The fraction of sp³-hybridized carbons (Fsp3) is 0.308. The van der Waals surface area contributed by atoms with Gasteiger partial charge in [0.2, 0.25) is 23.6 Å². The molecule has 0 aromatic heterocycles. The van der Waals surface area contributed by atoms with Gasteiger partial charge in [-0.3, -0.25) is 0 Å². The normalized spacial score (nSPS) is 20.7. The average Bonchev–Trinajstić information content (AvgIpc) is 4.02. The number of rotatable bonds is 6. The van der Waals surface area contributed by atoms with Gasteiger partial charge in [0, 0.05) is 64.5 Å². The van der Waals surface area contributed by atoms with Gasteiger partial charge in [-0.2, -0.15) is 30.0 Å². The molecule has 0 bridgehead atoms. The predicted molar refractivity (Wildman–Crippen MR) is 266 cm³/mol. The van der Waals surface area contributed by atoms with E-state index in [2.05, 4.69) is 0 Å². The Hall–Kier alpha value is -7.64. The second-order valence-corrected chi connectivity index (χ2v) is 16.4. The van der Waals surface area contributed by atoms with Crippen molar-refractivity contribution >= 4 is 58.6 Å². The lowest BCUT2D eigenvalue weighted by molar-refractivity contribution is 0.0585. The van der Waals surface area contributed by atoms with E-state index in [0.29, 0.717) is 152 Å². The molecule has 0 radical (unpaired) electrons. The van der Waals surface area contributed by atoms with Gasteiger partial charge in [-0.15, -0.1) is 0 Å². The molecule has 0 N–H and O–H groups in total. The van der Waals surface area contributed by atoms with Crippen molar-refractivity contribution in [2.75, 3.05) is 105 Å². The fourth-order valence-electron chi connectivity index (χ4n) is 7.86. The van der Waals surface area contributed by atoms with E-state index in [4.69, 9.17) is 67.8 Å². The van der Waals surface area contributed by atoms with Crippen LogP contribution in [0.2, 0.25) is 0 Å². The molecule has 10 rings (SSSR count). The van der Waals surface area contributed by atoms with Crippen LogP contribution in [0.4, 0.5) is 22.7 Å². The highest BCUT2D eigenvalue weighted by atomic mass is 16.6. The number of nitrogens with zero attached hydrogens (tertiary/aromatic N) is 10. The summed E-state index contributed by atoms with van der Waals surface area (Å²) >= 11 is 0. The van der Waals surface area contributed by atoms with E-state index in [0.717, 1.165) is 11.4 Å². The molecule has 4 aromatic rings. The molecule has 6 aliphatic heterocycles. The zero-order valence-corrected chi connectivity index (χ0v) is 38.8. The second-order valence-electron chi connectivity index (χ2n) is 16.4. The quantitative estimate of drug-likeness (QED) is 0.145. The number of hydrogen-bond donors (Lipinski definition) is 0. The molecule has 0 spiro atoms. The van der Waals surface area contributed by atoms with Crippen molar-refractivity contribution in [1.82, 2.24) is 19.6 Å². The molecule has 360 valence electrons. The number of morpholine rings is 4. The van der Waals surface area contributed by atoms with E-state index >= 15 is 0 Å². The first-order chi connectivity index (χ1) is 34.7. The average molecular weight is 947 g/mol. The Bertz CT molecular complexity index is 2500. The molecular formula is C52H54N10O8. The summed E-state index contributed by atoms with van der Waals surface area (Å²) in [5.74, 6) is 0.793. The van der Waals surface area contributed by atoms with Crippen LogP contribution in [0.5, 0.6) is 0 Å². The number of aliphatic imine (C=N–C) groups is 6. The molecule has 4 aromatic carbocycles. The molecule has 18 heteroatoms. The fourth-order valence-corrected chi connectivity index (χ4v) is 7.86. The molecule has 6 aliphatic rings. The lowest BCUT2D eigenvalue weighted by Gasteiger charge is -2.29. The minimum atomic E-state index is 0.181. The Labute approximate surface area is 406 Å². The largest absolute Gasteiger partial charge is 0.407 e. The molecule has 0 unspecified atom stereocenters. The minimum absolute atomic E-state index is 0.181. The second kappa shape index (κ2) is 23.1. The van der Waals surface area contributed by atoms with Gasteiger partial charge in [-0.1, -0.05) is 72.8 Å². The molecule has 6 heterocycles. The van der Waals surface area contributed by atoms with Gasteiger partial charge in [0.15, 0.2) is 0 Å². The number of benzene rings is 4. The van der Waals surface area contributed by atoms with Crippen LogP contribution in [0.15, 0.2) is 186 Å². The van der Waals surface area contributed by atoms with E-state index in [1.54, 1.807) is 12.2 Å². The highest BCUT2D eigenvalue weighted by Crippen LogP contribution is 2.32. The molecular weight excluding hydrogens is 893 g/mol. The standard InChI is InChI=1S/C52H54N10O8/c1-5-13-39(14-6-1)53-49(59-21-29-63-30-22-59)67-45-37-43(47(57-45)69-51(61-25-33-65-34-26-61)55-41-17-9-3-10-18-41)44-38-46(68-50(60-23-31-64-32-24-60)54-40-15-7-2-8-16-40)58-48(44)70-52(62-27-35-66-36-28-62)56-42-19-11-4-12-20-42/h1-20,37-38H,21-36H2/b44-43+,53-49?,54-50?,55-51?,56-52?. The first-order valence-corrected chi connectivity index (χ1v) is 23.6. The van der Waals surface area contributed by atoms with Crippen LogP contribution in [0.3, 0.4) is 0 Å². The first-order valence-electron chi connectivity index (χ1n) is 23.6. The molecule has 4 saturated heterocycles. The molecule has 0 aliphatic carbocycles. The summed E-state index contributed by atoms with van der Waals surface area (Å²) in [5.41, 5.74) is 3.81. The third kappa shape index (κ3) is 12.1. The highest BCUT2D eigenvalue weighted by Gasteiger charge is 2.34. The minimum Gasteiger partial charge on any atom is -0.407 e. The van der Waals surface area contributed by atoms with E-state index in [1.807, 2.05) is 141 Å². The van der Waals surface area contributed by atoms with Crippen molar-refractivity contribution < 1.29 is 37.9 Å². The zero-order chi connectivity index (χ0) is 47.2. The van der Waals surface area contributed by atoms with Crippen molar-refractivity contribution in [3.63, 3.8) is 0 Å². The van der Waals surface area contributed by atoms with E-state index in [1.165, 1.54) is 0 Å². The van der Waals surface area contributed by atoms with Crippen molar-refractivity contribution in [2.45, 2.75) is 0 Å². The highest BCUT2D eigenvalue weighted by molar-refractivity contribution is 6.15. The Morgan fingerprint density at radius 1 is 0.343 bits per heavy atom. The Morgan fingerprint density at radius 2 is 0.586 bits per heavy atom. The number of para-hydroxylation sites is 4. The zero-order valence-electron chi connectivity index (χ0n) is 38.8. The lowest BCUT2D eigenvalue weighted by atomic mass is 10.1. The van der Waals surface area contributed by atoms with Crippen molar-refractivity contribution in [3.8, 4) is 0 Å². The summed E-state index contributed by atoms with van der Waals surface area (Å²) in [6, 6.07) is 40.0. The van der Waals surface area contributed by atoms with Crippen LogP contribution in [0.1, 0.15) is 0 Å². The number of amidine groups is 4. The van der Waals surface area contributed by atoms with Gasteiger partial charge in [0.1, 0.15) is 0 Å². The Kier molecular flexibility index (Phi) is 15.2. The van der Waals surface area contributed by atoms with Crippen molar-refractivity contribution in [2.24, 2.45) is 30.0 Å².